The summed E-state index contributed by atoms with van der Waals surface area (Å²) >= 11 is 1.76. The lowest BCUT2D eigenvalue weighted by atomic mass is 10.2. The molecule has 90 valence electrons. The van der Waals surface area contributed by atoms with E-state index in [-0.39, 0.29) is 18.5 Å². The standard InChI is InChI=1S/C12H18FNOS/c1-16-6-5-12(9-15)14-8-10-3-2-4-11(13)7-10/h2-4,7,12,14-15H,5-6,8-9H2,1H3. The van der Waals surface area contributed by atoms with Gasteiger partial charge >= 0.3 is 0 Å². The molecular weight excluding hydrogens is 225 g/mol. The van der Waals surface area contributed by atoms with Crippen LogP contribution in [0.15, 0.2) is 24.3 Å². The number of nitrogens with one attached hydrogen (secondary N) is 1. The van der Waals surface area contributed by atoms with Crippen molar-refractivity contribution < 1.29 is 9.50 Å². The second-order valence-electron chi connectivity index (χ2n) is 3.67. The number of benzene rings is 1. The zero-order valence-corrected chi connectivity index (χ0v) is 10.3. The summed E-state index contributed by atoms with van der Waals surface area (Å²) in [5, 5.41) is 12.4. The van der Waals surface area contributed by atoms with E-state index in [0.717, 1.165) is 17.7 Å². The Hall–Kier alpha value is -0.580. The molecule has 0 aliphatic rings. The number of thioether (sulfide) groups is 1. The molecule has 0 radical (unpaired) electrons. The minimum absolute atomic E-state index is 0.0933. The van der Waals surface area contributed by atoms with Crippen molar-refractivity contribution in [1.82, 2.24) is 5.32 Å². The van der Waals surface area contributed by atoms with Crippen LogP contribution in [0.5, 0.6) is 0 Å². The third-order valence-electron chi connectivity index (χ3n) is 2.37. The quantitative estimate of drug-likeness (QED) is 0.768. The highest BCUT2D eigenvalue weighted by Crippen LogP contribution is 2.05. The molecule has 2 N–H and O–H groups in total. The Morgan fingerprint density at radius 1 is 1.50 bits per heavy atom. The Kier molecular flexibility index (Phi) is 6.45. The fourth-order valence-corrected chi connectivity index (χ4v) is 1.95. The van der Waals surface area contributed by atoms with Gasteiger partial charge in [-0.2, -0.15) is 11.8 Å². The van der Waals surface area contributed by atoms with E-state index in [1.54, 1.807) is 17.8 Å². The lowest BCUT2D eigenvalue weighted by Gasteiger charge is -2.15. The molecule has 2 nitrogen and oxygen atoms in total. The molecule has 1 aromatic carbocycles. The van der Waals surface area contributed by atoms with Crippen LogP contribution in [-0.2, 0) is 6.54 Å². The summed E-state index contributed by atoms with van der Waals surface area (Å²) in [6, 6.07) is 6.61. The van der Waals surface area contributed by atoms with Crippen molar-refractivity contribution in [2.75, 3.05) is 18.6 Å². The number of aliphatic hydroxyl groups is 1. The Balaban J connectivity index is 2.37. The molecule has 0 aromatic heterocycles. The van der Waals surface area contributed by atoms with Crippen LogP contribution in [0.2, 0.25) is 0 Å². The number of aliphatic hydroxyl groups excluding tert-OH is 1. The van der Waals surface area contributed by atoms with Crippen molar-refractivity contribution in [3.63, 3.8) is 0 Å². The van der Waals surface area contributed by atoms with Crippen LogP contribution < -0.4 is 5.32 Å². The minimum Gasteiger partial charge on any atom is -0.395 e. The van der Waals surface area contributed by atoms with Gasteiger partial charge in [0.15, 0.2) is 0 Å². The predicted molar refractivity (Wildman–Crippen MR) is 67.1 cm³/mol. The zero-order chi connectivity index (χ0) is 11.8. The first kappa shape index (κ1) is 13.5. The molecule has 0 spiro atoms. The van der Waals surface area contributed by atoms with Crippen LogP contribution >= 0.6 is 11.8 Å². The average molecular weight is 243 g/mol. The van der Waals surface area contributed by atoms with Crippen LogP contribution in [0.25, 0.3) is 0 Å². The van der Waals surface area contributed by atoms with Gasteiger partial charge in [0.05, 0.1) is 6.61 Å². The maximum atomic E-state index is 12.9. The monoisotopic (exact) mass is 243 g/mol. The van der Waals surface area contributed by atoms with Crippen molar-refractivity contribution in [1.29, 1.82) is 0 Å². The Morgan fingerprint density at radius 2 is 2.31 bits per heavy atom. The SMILES string of the molecule is CSCCC(CO)NCc1cccc(F)c1. The van der Waals surface area contributed by atoms with Gasteiger partial charge < -0.3 is 10.4 Å². The summed E-state index contributed by atoms with van der Waals surface area (Å²) in [5.41, 5.74) is 0.905. The fraction of sp³-hybridized carbons (Fsp3) is 0.500. The van der Waals surface area contributed by atoms with E-state index in [1.807, 2.05) is 12.3 Å². The van der Waals surface area contributed by atoms with Gasteiger partial charge in [-0.3, -0.25) is 0 Å². The molecule has 0 aliphatic heterocycles. The lowest BCUT2D eigenvalue weighted by molar-refractivity contribution is 0.239. The largest absolute Gasteiger partial charge is 0.395 e. The fourth-order valence-electron chi connectivity index (χ4n) is 1.43. The number of halogens is 1. The van der Waals surface area contributed by atoms with Gasteiger partial charge in [-0.25, -0.2) is 4.39 Å². The third-order valence-corrected chi connectivity index (χ3v) is 3.02. The summed E-state index contributed by atoms with van der Waals surface area (Å²) in [7, 11) is 0. The summed E-state index contributed by atoms with van der Waals surface area (Å²) in [5.74, 6) is 0.797. The van der Waals surface area contributed by atoms with E-state index in [1.165, 1.54) is 12.1 Å². The molecule has 1 unspecified atom stereocenters. The van der Waals surface area contributed by atoms with E-state index in [2.05, 4.69) is 5.32 Å². The summed E-state index contributed by atoms with van der Waals surface area (Å²) in [6.07, 6.45) is 2.97. The molecule has 16 heavy (non-hydrogen) atoms. The molecule has 0 aliphatic carbocycles. The second-order valence-corrected chi connectivity index (χ2v) is 4.66. The van der Waals surface area contributed by atoms with Gasteiger partial charge in [0, 0.05) is 12.6 Å². The van der Waals surface area contributed by atoms with Crippen LogP contribution in [-0.4, -0.2) is 29.8 Å². The van der Waals surface area contributed by atoms with Crippen molar-refractivity contribution >= 4 is 11.8 Å². The van der Waals surface area contributed by atoms with Crippen LogP contribution in [0, 0.1) is 5.82 Å². The molecule has 1 aromatic rings. The minimum atomic E-state index is -0.219. The van der Waals surface area contributed by atoms with Gasteiger partial charge in [-0.15, -0.1) is 0 Å². The first-order valence-corrected chi connectivity index (χ1v) is 6.73. The number of hydrogen-bond donors (Lipinski definition) is 2. The lowest BCUT2D eigenvalue weighted by Crippen LogP contribution is -2.32. The van der Waals surface area contributed by atoms with Crippen LogP contribution in [0.1, 0.15) is 12.0 Å². The van der Waals surface area contributed by atoms with E-state index in [0.29, 0.717) is 6.54 Å². The van der Waals surface area contributed by atoms with Crippen LogP contribution in [0.3, 0.4) is 0 Å². The molecule has 0 saturated heterocycles. The third kappa shape index (κ3) is 4.96. The van der Waals surface area contributed by atoms with Crippen molar-refractivity contribution in [3.8, 4) is 0 Å². The van der Waals surface area contributed by atoms with E-state index in [4.69, 9.17) is 5.11 Å². The maximum absolute atomic E-state index is 12.9. The molecule has 0 fully saturated rings. The first-order valence-electron chi connectivity index (χ1n) is 5.34. The molecule has 1 rings (SSSR count). The summed E-state index contributed by atoms with van der Waals surface area (Å²) in [6.45, 7) is 0.716. The first-order chi connectivity index (χ1) is 7.76. The average Bonchev–Trinajstić information content (AvgIpc) is 2.29. The molecule has 0 amide bonds. The van der Waals surface area contributed by atoms with Gasteiger partial charge in [0.2, 0.25) is 0 Å². The highest BCUT2D eigenvalue weighted by Gasteiger charge is 2.06. The smallest absolute Gasteiger partial charge is 0.123 e. The molecule has 0 heterocycles. The Labute approximate surface area is 100 Å². The van der Waals surface area contributed by atoms with Gasteiger partial charge in [-0.1, -0.05) is 12.1 Å². The number of hydrogen-bond acceptors (Lipinski definition) is 3. The maximum Gasteiger partial charge on any atom is 0.123 e. The van der Waals surface area contributed by atoms with Gasteiger partial charge in [-0.05, 0) is 36.1 Å². The van der Waals surface area contributed by atoms with Crippen LogP contribution in [0.4, 0.5) is 4.39 Å². The van der Waals surface area contributed by atoms with Crippen molar-refractivity contribution in [2.24, 2.45) is 0 Å². The van der Waals surface area contributed by atoms with Crippen molar-refractivity contribution in [3.05, 3.63) is 35.6 Å². The number of rotatable bonds is 7. The van der Waals surface area contributed by atoms with E-state index in [9.17, 15) is 4.39 Å². The second kappa shape index (κ2) is 7.65. The van der Waals surface area contributed by atoms with Crippen molar-refractivity contribution in [2.45, 2.75) is 19.0 Å². The Bertz CT molecular complexity index is 309. The molecule has 1 atom stereocenters. The van der Waals surface area contributed by atoms with Gasteiger partial charge in [0.1, 0.15) is 5.82 Å². The molecular formula is C12H18FNOS. The zero-order valence-electron chi connectivity index (χ0n) is 9.45. The predicted octanol–water partition coefficient (Wildman–Crippen LogP) is 2.03. The highest BCUT2D eigenvalue weighted by atomic mass is 32.2. The summed E-state index contributed by atoms with van der Waals surface area (Å²) in [4.78, 5) is 0. The molecule has 4 heteroatoms. The summed E-state index contributed by atoms with van der Waals surface area (Å²) < 4.78 is 12.9. The molecule has 0 bridgehead atoms. The molecule has 0 saturated carbocycles. The topological polar surface area (TPSA) is 32.3 Å². The van der Waals surface area contributed by atoms with Gasteiger partial charge in [0.25, 0.3) is 0 Å². The normalized spacial score (nSPS) is 12.7. The Morgan fingerprint density at radius 3 is 2.94 bits per heavy atom. The van der Waals surface area contributed by atoms with E-state index < -0.39 is 0 Å². The highest BCUT2D eigenvalue weighted by molar-refractivity contribution is 7.98. The van der Waals surface area contributed by atoms with E-state index >= 15 is 0 Å².